The average molecular weight is 401 g/mol. The second-order valence-corrected chi connectivity index (χ2v) is 7.11. The molecule has 30 heavy (non-hydrogen) atoms. The minimum atomic E-state index is -0.0986. The molecule has 152 valence electrons. The number of nitrogens with two attached hydrogens (primary N) is 1. The molecule has 1 aromatic carbocycles. The molecule has 0 radical (unpaired) electrons. The molecule has 0 spiro atoms. The average Bonchev–Trinajstić information content (AvgIpc) is 3.24. The van der Waals surface area contributed by atoms with E-state index in [1.54, 1.807) is 11.8 Å². The number of nitrogen functional groups attached to an aromatic ring is 1. The summed E-state index contributed by atoms with van der Waals surface area (Å²) in [6.45, 7) is 4.52. The summed E-state index contributed by atoms with van der Waals surface area (Å²) in [4.78, 5) is 13.4. The molecule has 1 atom stereocenters. The highest BCUT2D eigenvalue weighted by Crippen LogP contribution is 2.25. The lowest BCUT2D eigenvalue weighted by Gasteiger charge is -2.11. The number of hydrogen-bond acceptors (Lipinski definition) is 7. The Bertz CT molecular complexity index is 1170. The highest BCUT2D eigenvalue weighted by molar-refractivity contribution is 5.67. The summed E-state index contributed by atoms with van der Waals surface area (Å²) >= 11 is 0. The minimum Gasteiger partial charge on any atom is -0.378 e. The first-order chi connectivity index (χ1) is 14.5. The smallest absolute Gasteiger partial charge is 0.221 e. The summed E-state index contributed by atoms with van der Waals surface area (Å²) in [6, 6.07) is 15.7. The highest BCUT2D eigenvalue weighted by Gasteiger charge is 2.15. The van der Waals surface area contributed by atoms with Crippen molar-refractivity contribution in [1.29, 1.82) is 0 Å². The Morgan fingerprint density at radius 1 is 1.00 bits per heavy atom. The molecule has 2 N–H and O–H groups in total. The van der Waals surface area contributed by atoms with Crippen LogP contribution in [0.15, 0.2) is 54.7 Å². The molecule has 1 unspecified atom stereocenters. The van der Waals surface area contributed by atoms with Crippen LogP contribution < -0.4 is 5.73 Å². The van der Waals surface area contributed by atoms with Crippen molar-refractivity contribution in [2.45, 2.75) is 26.5 Å². The van der Waals surface area contributed by atoms with Crippen LogP contribution in [0.1, 0.15) is 29.9 Å². The van der Waals surface area contributed by atoms with Gasteiger partial charge in [-0.15, -0.1) is 5.10 Å². The quantitative estimate of drug-likeness (QED) is 0.527. The van der Waals surface area contributed by atoms with E-state index in [-0.39, 0.29) is 12.0 Å². The fourth-order valence-corrected chi connectivity index (χ4v) is 3.23. The number of aryl methyl sites for hydroxylation is 1. The third-order valence-electron chi connectivity index (χ3n) is 4.78. The van der Waals surface area contributed by atoms with Gasteiger partial charge in [-0.25, -0.2) is 14.6 Å². The van der Waals surface area contributed by atoms with Crippen LogP contribution in [-0.2, 0) is 11.3 Å². The predicted molar refractivity (Wildman–Crippen MR) is 114 cm³/mol. The monoisotopic (exact) mass is 401 g/mol. The number of aromatic nitrogens is 6. The largest absolute Gasteiger partial charge is 0.378 e. The van der Waals surface area contributed by atoms with Crippen LogP contribution in [0.5, 0.6) is 0 Å². The first kappa shape index (κ1) is 19.7. The normalized spacial score (nSPS) is 12.1. The van der Waals surface area contributed by atoms with Crippen molar-refractivity contribution in [2.75, 3.05) is 12.8 Å². The molecule has 0 fully saturated rings. The molecular weight excluding hydrogens is 378 g/mol. The molecule has 0 saturated heterocycles. The molecule has 3 heterocycles. The third-order valence-corrected chi connectivity index (χ3v) is 4.78. The Morgan fingerprint density at radius 2 is 1.80 bits per heavy atom. The van der Waals surface area contributed by atoms with Crippen molar-refractivity contribution in [3.63, 3.8) is 0 Å². The Labute approximate surface area is 174 Å². The molecule has 4 aromatic rings. The second-order valence-electron chi connectivity index (χ2n) is 7.11. The molecule has 0 amide bonds. The molecule has 0 aliphatic heterocycles. The zero-order valence-corrected chi connectivity index (χ0v) is 17.1. The number of rotatable bonds is 6. The van der Waals surface area contributed by atoms with Crippen molar-refractivity contribution >= 4 is 5.95 Å². The van der Waals surface area contributed by atoms with Crippen LogP contribution >= 0.6 is 0 Å². The van der Waals surface area contributed by atoms with Gasteiger partial charge < -0.3 is 10.5 Å². The predicted octanol–water partition coefficient (Wildman–Crippen LogP) is 3.44. The van der Waals surface area contributed by atoms with Crippen LogP contribution in [-0.4, -0.2) is 37.1 Å². The molecule has 0 aliphatic carbocycles. The second kappa shape index (κ2) is 8.38. The topological polar surface area (TPSA) is 105 Å². The fourth-order valence-electron chi connectivity index (χ4n) is 3.23. The number of anilines is 1. The summed E-state index contributed by atoms with van der Waals surface area (Å²) in [6.07, 6.45) is 1.84. The molecule has 4 rings (SSSR count). The number of pyridine rings is 1. The van der Waals surface area contributed by atoms with Gasteiger partial charge in [0.2, 0.25) is 5.95 Å². The van der Waals surface area contributed by atoms with Gasteiger partial charge in [0.05, 0.1) is 41.6 Å². The van der Waals surface area contributed by atoms with Crippen LogP contribution in [0.2, 0.25) is 0 Å². The van der Waals surface area contributed by atoms with Crippen LogP contribution in [0, 0.1) is 6.92 Å². The van der Waals surface area contributed by atoms with Crippen molar-refractivity contribution in [1.82, 2.24) is 29.9 Å². The van der Waals surface area contributed by atoms with Crippen LogP contribution in [0.3, 0.4) is 0 Å². The van der Waals surface area contributed by atoms with Crippen LogP contribution in [0.25, 0.3) is 22.6 Å². The molecule has 3 aromatic heterocycles. The summed E-state index contributed by atoms with van der Waals surface area (Å²) in [5, 5.41) is 8.58. The lowest BCUT2D eigenvalue weighted by Crippen LogP contribution is -2.10. The van der Waals surface area contributed by atoms with Gasteiger partial charge in [0.1, 0.15) is 5.69 Å². The van der Waals surface area contributed by atoms with Crippen molar-refractivity contribution in [2.24, 2.45) is 0 Å². The number of methoxy groups -OCH3 is 1. The van der Waals surface area contributed by atoms with E-state index in [0.717, 1.165) is 28.2 Å². The van der Waals surface area contributed by atoms with E-state index in [2.05, 4.69) is 31.3 Å². The maximum Gasteiger partial charge on any atom is 0.221 e. The number of ether oxygens (including phenoxy) is 1. The van der Waals surface area contributed by atoms with E-state index in [1.165, 1.54) is 0 Å². The summed E-state index contributed by atoms with van der Waals surface area (Å²) in [7, 11) is 1.65. The Morgan fingerprint density at radius 3 is 2.60 bits per heavy atom. The molecule has 8 heteroatoms. The van der Waals surface area contributed by atoms with Crippen molar-refractivity contribution < 1.29 is 4.74 Å². The Kier molecular flexibility index (Phi) is 5.49. The third kappa shape index (κ3) is 4.18. The lowest BCUT2D eigenvalue weighted by atomic mass is 10.1. The fraction of sp³-hybridized carbons (Fsp3) is 0.227. The van der Waals surface area contributed by atoms with Crippen LogP contribution in [0.4, 0.5) is 5.95 Å². The molecule has 0 saturated carbocycles. The van der Waals surface area contributed by atoms with Gasteiger partial charge in [0, 0.05) is 12.7 Å². The summed E-state index contributed by atoms with van der Waals surface area (Å²) in [5.41, 5.74) is 11.8. The number of nitrogens with zero attached hydrogens (tertiary/aromatic N) is 6. The Hall–Kier alpha value is -3.65. The van der Waals surface area contributed by atoms with E-state index in [1.807, 2.05) is 62.5 Å². The first-order valence-electron chi connectivity index (χ1n) is 9.62. The summed E-state index contributed by atoms with van der Waals surface area (Å²) < 4.78 is 6.94. The first-order valence-corrected chi connectivity index (χ1v) is 9.62. The molecular formula is C22H23N7O. The molecule has 0 bridgehead atoms. The molecule has 8 nitrogen and oxygen atoms in total. The summed E-state index contributed by atoms with van der Waals surface area (Å²) in [5.74, 6) is 0.195. The maximum absolute atomic E-state index is 5.98. The van der Waals surface area contributed by atoms with E-state index in [4.69, 9.17) is 10.5 Å². The molecule has 0 aliphatic rings. The zero-order chi connectivity index (χ0) is 21.1. The Balaban J connectivity index is 1.65. The van der Waals surface area contributed by atoms with Gasteiger partial charge in [-0.3, -0.25) is 4.98 Å². The van der Waals surface area contributed by atoms with Gasteiger partial charge in [0.25, 0.3) is 0 Å². The van der Waals surface area contributed by atoms with Gasteiger partial charge in [-0.05, 0) is 38.1 Å². The van der Waals surface area contributed by atoms with Gasteiger partial charge in [-0.1, -0.05) is 35.0 Å². The van der Waals surface area contributed by atoms with Crippen molar-refractivity contribution in [3.8, 4) is 22.6 Å². The van der Waals surface area contributed by atoms with E-state index in [9.17, 15) is 0 Å². The lowest BCUT2D eigenvalue weighted by molar-refractivity contribution is 0.181. The van der Waals surface area contributed by atoms with E-state index >= 15 is 0 Å². The van der Waals surface area contributed by atoms with Gasteiger partial charge in [0.15, 0.2) is 0 Å². The van der Waals surface area contributed by atoms with Gasteiger partial charge >= 0.3 is 0 Å². The standard InChI is InChI=1S/C22H23N7O/c1-14-6-4-7-16(10-14)19-11-20(26-22(23)25-19)21-12-29(28-27-21)15(2)18-9-5-8-17(24-18)13-30-3/h4-12,15H,13H2,1-3H3,(H2,23,25,26). The minimum absolute atomic E-state index is 0.0986. The maximum atomic E-state index is 5.98. The van der Waals surface area contributed by atoms with E-state index in [0.29, 0.717) is 18.0 Å². The van der Waals surface area contributed by atoms with Gasteiger partial charge in [-0.2, -0.15) is 0 Å². The van der Waals surface area contributed by atoms with Crippen molar-refractivity contribution in [3.05, 3.63) is 71.7 Å². The number of benzene rings is 1. The van der Waals surface area contributed by atoms with E-state index < -0.39 is 0 Å². The SMILES string of the molecule is COCc1cccc(C(C)n2cc(-c3cc(-c4cccc(C)c4)nc(N)n3)nn2)n1. The number of hydrogen-bond donors (Lipinski definition) is 1. The highest BCUT2D eigenvalue weighted by atomic mass is 16.5. The zero-order valence-electron chi connectivity index (χ0n) is 17.1.